The molecule has 3 aliphatic rings. The van der Waals surface area contributed by atoms with E-state index in [1.165, 1.54) is 16.8 Å². The third-order valence-electron chi connectivity index (χ3n) is 6.24. The largest absolute Gasteiger partial charge is 0.339 e. The smallest absolute Gasteiger partial charge is 0.262 e. The molecule has 9 nitrogen and oxygen atoms in total. The van der Waals surface area contributed by atoms with Gasteiger partial charge < -0.3 is 4.57 Å². The van der Waals surface area contributed by atoms with Crippen molar-refractivity contribution in [2.75, 3.05) is 18.0 Å². The van der Waals surface area contributed by atoms with Crippen LogP contribution < -0.4 is 4.90 Å². The Morgan fingerprint density at radius 3 is 2.67 bits per heavy atom. The van der Waals surface area contributed by atoms with Crippen LogP contribution in [-0.4, -0.2) is 51.2 Å². The molecule has 0 aromatic carbocycles. The van der Waals surface area contributed by atoms with E-state index in [9.17, 15) is 13.2 Å². The number of fused-ring (bicyclic) bond motifs is 1. The van der Waals surface area contributed by atoms with Gasteiger partial charge in [-0.05, 0) is 38.5 Å². The van der Waals surface area contributed by atoms with Gasteiger partial charge in [0.05, 0.1) is 18.8 Å². The number of carbonyl (C=O) groups is 1. The van der Waals surface area contributed by atoms with Crippen LogP contribution >= 0.6 is 0 Å². The van der Waals surface area contributed by atoms with Gasteiger partial charge in [0.25, 0.3) is 10.0 Å². The molecule has 1 saturated heterocycles. The minimum Gasteiger partial charge on any atom is -0.339 e. The molecule has 0 N–H and O–H groups in total. The molecule has 1 saturated carbocycles. The molecule has 5 rings (SSSR count). The maximum Gasteiger partial charge on any atom is 0.262 e. The lowest BCUT2D eigenvalue weighted by atomic mass is 10.0. The van der Waals surface area contributed by atoms with Crippen LogP contribution in [0.5, 0.6) is 0 Å². The molecule has 0 spiro atoms. The summed E-state index contributed by atoms with van der Waals surface area (Å²) in [5.41, 5.74) is 1.64. The minimum atomic E-state index is -3.76. The Hall–Kier alpha value is -2.33. The highest BCUT2D eigenvalue weighted by Crippen LogP contribution is 2.38. The molecule has 0 unspecified atom stereocenters. The molecule has 10 heteroatoms. The van der Waals surface area contributed by atoms with Gasteiger partial charge >= 0.3 is 0 Å². The third-order valence-corrected chi connectivity index (χ3v) is 8.03. The van der Waals surface area contributed by atoms with Gasteiger partial charge in [-0.3, -0.25) is 9.69 Å². The SMILES string of the molecule is Cc1nc([C@@H]2CCCCN2S(=O)(=O)c2cn(C)cn2)nc2c1CC(=O)N2CC1CC1. The zero-order chi connectivity index (χ0) is 21.0. The summed E-state index contributed by atoms with van der Waals surface area (Å²) in [5, 5.41) is 0.0420. The van der Waals surface area contributed by atoms with Gasteiger partial charge in [0.2, 0.25) is 5.91 Å². The predicted molar refractivity (Wildman–Crippen MR) is 109 cm³/mol. The summed E-state index contributed by atoms with van der Waals surface area (Å²) < 4.78 is 29.7. The van der Waals surface area contributed by atoms with Gasteiger partial charge in [0.15, 0.2) is 5.03 Å². The summed E-state index contributed by atoms with van der Waals surface area (Å²) in [6, 6.07) is -0.451. The lowest BCUT2D eigenvalue weighted by Crippen LogP contribution is -2.39. The first-order valence-corrected chi connectivity index (χ1v) is 12.0. The second-order valence-corrected chi connectivity index (χ2v) is 10.4. The fraction of sp³-hybridized carbons (Fsp3) is 0.600. The van der Waals surface area contributed by atoms with Crippen molar-refractivity contribution in [3.63, 3.8) is 0 Å². The minimum absolute atomic E-state index is 0.0420. The van der Waals surface area contributed by atoms with Gasteiger partial charge in [-0.25, -0.2) is 23.4 Å². The molecular formula is C20H26N6O3S. The molecule has 2 aromatic rings. The highest BCUT2D eigenvalue weighted by molar-refractivity contribution is 7.89. The number of imidazole rings is 1. The summed E-state index contributed by atoms with van der Waals surface area (Å²) in [4.78, 5) is 27.9. The first-order valence-electron chi connectivity index (χ1n) is 10.5. The maximum atomic E-state index is 13.3. The van der Waals surface area contributed by atoms with Crippen LogP contribution in [0.1, 0.15) is 55.2 Å². The Kier molecular flexibility index (Phi) is 4.66. The lowest BCUT2D eigenvalue weighted by molar-refractivity contribution is -0.117. The van der Waals surface area contributed by atoms with E-state index < -0.39 is 16.1 Å². The van der Waals surface area contributed by atoms with E-state index in [1.54, 1.807) is 16.5 Å². The molecule has 2 aromatic heterocycles. The third kappa shape index (κ3) is 3.31. The average molecular weight is 431 g/mol. The molecule has 1 aliphatic carbocycles. The number of nitrogens with zero attached hydrogens (tertiary/aromatic N) is 6. The fourth-order valence-electron chi connectivity index (χ4n) is 4.39. The molecule has 4 heterocycles. The summed E-state index contributed by atoms with van der Waals surface area (Å²) in [6.07, 6.45) is 7.98. The number of piperidine rings is 1. The Morgan fingerprint density at radius 2 is 1.97 bits per heavy atom. The van der Waals surface area contributed by atoms with Gasteiger partial charge in [0.1, 0.15) is 11.6 Å². The van der Waals surface area contributed by atoms with Crippen LogP contribution in [0.15, 0.2) is 17.6 Å². The van der Waals surface area contributed by atoms with E-state index in [0.717, 1.165) is 36.9 Å². The number of hydrogen-bond donors (Lipinski definition) is 0. The van der Waals surface area contributed by atoms with Crippen LogP contribution in [0, 0.1) is 12.8 Å². The fourth-order valence-corrected chi connectivity index (χ4v) is 6.01. The molecule has 1 atom stereocenters. The number of rotatable bonds is 5. The number of sulfonamides is 1. The molecule has 1 amide bonds. The predicted octanol–water partition coefficient (Wildman–Crippen LogP) is 1.73. The van der Waals surface area contributed by atoms with Crippen molar-refractivity contribution in [3.05, 3.63) is 29.6 Å². The number of aryl methyl sites for hydroxylation is 2. The normalized spacial score (nSPS) is 22.5. The van der Waals surface area contributed by atoms with Crippen LogP contribution in [0.25, 0.3) is 0 Å². The monoisotopic (exact) mass is 430 g/mol. The Balaban J connectivity index is 1.53. The van der Waals surface area contributed by atoms with E-state index in [1.807, 2.05) is 6.92 Å². The van der Waals surface area contributed by atoms with E-state index in [-0.39, 0.29) is 10.9 Å². The summed E-state index contributed by atoms with van der Waals surface area (Å²) >= 11 is 0. The van der Waals surface area contributed by atoms with Crippen molar-refractivity contribution in [2.45, 2.75) is 56.5 Å². The van der Waals surface area contributed by atoms with E-state index in [2.05, 4.69) is 9.97 Å². The van der Waals surface area contributed by atoms with Gasteiger partial charge in [-0.15, -0.1) is 0 Å². The quantitative estimate of drug-likeness (QED) is 0.716. The summed E-state index contributed by atoms with van der Waals surface area (Å²) in [6.45, 7) is 2.99. The van der Waals surface area contributed by atoms with E-state index in [0.29, 0.717) is 43.5 Å². The number of anilines is 1. The molecule has 30 heavy (non-hydrogen) atoms. The zero-order valence-electron chi connectivity index (χ0n) is 17.3. The molecule has 0 radical (unpaired) electrons. The Bertz CT molecular complexity index is 1110. The molecule has 0 bridgehead atoms. The van der Waals surface area contributed by atoms with Crippen LogP contribution in [0.4, 0.5) is 5.82 Å². The second-order valence-electron chi connectivity index (χ2n) is 8.60. The van der Waals surface area contributed by atoms with E-state index in [4.69, 9.17) is 4.98 Å². The Labute approximate surface area is 176 Å². The first kappa shape index (κ1) is 19.6. The van der Waals surface area contributed by atoms with Gasteiger partial charge in [-0.2, -0.15) is 4.31 Å². The molecule has 160 valence electrons. The second kappa shape index (κ2) is 7.12. The maximum absolute atomic E-state index is 13.3. The van der Waals surface area contributed by atoms with Crippen LogP contribution in [0.3, 0.4) is 0 Å². The van der Waals surface area contributed by atoms with Crippen LogP contribution in [-0.2, 0) is 28.3 Å². The Morgan fingerprint density at radius 1 is 1.17 bits per heavy atom. The number of hydrogen-bond acceptors (Lipinski definition) is 6. The molecular weight excluding hydrogens is 404 g/mol. The van der Waals surface area contributed by atoms with Crippen molar-refractivity contribution >= 4 is 21.7 Å². The zero-order valence-corrected chi connectivity index (χ0v) is 18.1. The molecule has 2 fully saturated rings. The van der Waals surface area contributed by atoms with Crippen molar-refractivity contribution in [1.82, 2.24) is 23.8 Å². The highest BCUT2D eigenvalue weighted by Gasteiger charge is 2.40. The van der Waals surface area contributed by atoms with Gasteiger partial charge in [-0.1, -0.05) is 6.42 Å². The summed E-state index contributed by atoms with van der Waals surface area (Å²) in [5.74, 6) is 1.78. The molecule has 2 aliphatic heterocycles. The van der Waals surface area contributed by atoms with E-state index >= 15 is 0 Å². The average Bonchev–Trinajstić information content (AvgIpc) is 3.34. The number of amides is 1. The summed E-state index contributed by atoms with van der Waals surface area (Å²) in [7, 11) is -2.01. The first-order chi connectivity index (χ1) is 14.3. The number of aromatic nitrogens is 4. The topological polar surface area (TPSA) is 101 Å². The van der Waals surface area contributed by atoms with Crippen molar-refractivity contribution in [2.24, 2.45) is 13.0 Å². The standard InChI is InChI=1S/C20H26N6O3S/c1-13-15-9-18(27)25(10-14-6-7-14)20(15)23-19(22-13)16-5-3-4-8-26(16)30(28,29)17-11-24(2)12-21-17/h11-12,14,16H,3-10H2,1-2H3/t16-/m0/s1. The highest BCUT2D eigenvalue weighted by atomic mass is 32.2. The van der Waals surface area contributed by atoms with Crippen LogP contribution in [0.2, 0.25) is 0 Å². The van der Waals surface area contributed by atoms with Crippen molar-refractivity contribution in [3.8, 4) is 0 Å². The van der Waals surface area contributed by atoms with Crippen molar-refractivity contribution < 1.29 is 13.2 Å². The van der Waals surface area contributed by atoms with Gasteiger partial charge in [0, 0.05) is 37.6 Å². The number of carbonyl (C=O) groups excluding carboxylic acids is 1. The lowest BCUT2D eigenvalue weighted by Gasteiger charge is -2.33. The van der Waals surface area contributed by atoms with Crippen molar-refractivity contribution in [1.29, 1.82) is 0 Å².